The van der Waals surface area contributed by atoms with E-state index in [4.69, 9.17) is 0 Å². The minimum absolute atomic E-state index is 0.0857. The lowest BCUT2D eigenvalue weighted by molar-refractivity contribution is 0.582. The number of hydrogen-bond donors (Lipinski definition) is 3. The highest BCUT2D eigenvalue weighted by molar-refractivity contribution is 7.91. The van der Waals surface area contributed by atoms with Crippen LogP contribution < -0.4 is 14.9 Å². The number of nitrogens with one attached hydrogen (secondary N) is 3. The third-order valence-corrected chi connectivity index (χ3v) is 6.35. The van der Waals surface area contributed by atoms with E-state index in [-0.39, 0.29) is 15.6 Å². The molecule has 2 heterocycles. The summed E-state index contributed by atoms with van der Waals surface area (Å²) in [5, 5.41) is 4.84. The molecule has 0 unspecified atom stereocenters. The zero-order chi connectivity index (χ0) is 15.3. The molecule has 0 amide bonds. The van der Waals surface area contributed by atoms with Crippen molar-refractivity contribution in [1.82, 2.24) is 15.0 Å². The van der Waals surface area contributed by atoms with Crippen LogP contribution in [0.5, 0.6) is 0 Å². The highest BCUT2D eigenvalue weighted by atomic mass is 32.2. The van der Waals surface area contributed by atoms with Crippen LogP contribution in [0.4, 0.5) is 0 Å². The van der Waals surface area contributed by atoms with E-state index in [0.717, 1.165) is 29.2 Å². The molecule has 9 heteroatoms. The van der Waals surface area contributed by atoms with E-state index in [1.165, 1.54) is 11.3 Å². The first-order valence-electron chi connectivity index (χ1n) is 6.47. The molecule has 0 spiro atoms. The van der Waals surface area contributed by atoms with E-state index in [1.807, 2.05) is 6.07 Å². The number of hydrogen-bond acceptors (Lipinski definition) is 6. The molecule has 0 aromatic carbocycles. The number of rotatable bonds is 8. The quantitative estimate of drug-likeness (QED) is 0.631. The van der Waals surface area contributed by atoms with E-state index in [9.17, 15) is 13.2 Å². The van der Waals surface area contributed by atoms with Crippen LogP contribution in [0.25, 0.3) is 0 Å². The second-order valence-electron chi connectivity index (χ2n) is 4.40. The van der Waals surface area contributed by atoms with Crippen LogP contribution in [0.1, 0.15) is 23.9 Å². The summed E-state index contributed by atoms with van der Waals surface area (Å²) in [5.74, 6) is 0. The summed E-state index contributed by atoms with van der Waals surface area (Å²) in [6, 6.07) is 3.42. The Morgan fingerprint density at radius 3 is 2.76 bits per heavy atom. The summed E-state index contributed by atoms with van der Waals surface area (Å²) in [7, 11) is -3.54. The predicted molar refractivity (Wildman–Crippen MR) is 85.3 cm³/mol. The Hall–Kier alpha value is -1.00. The van der Waals surface area contributed by atoms with Crippen molar-refractivity contribution in [1.29, 1.82) is 0 Å². The molecule has 0 bridgehead atoms. The van der Waals surface area contributed by atoms with Crippen molar-refractivity contribution in [2.75, 3.05) is 6.54 Å². The second-order valence-corrected chi connectivity index (χ2v) is 8.40. The Balaban J connectivity index is 1.97. The molecule has 0 radical (unpaired) electrons. The van der Waals surface area contributed by atoms with Gasteiger partial charge in [-0.3, -0.25) is 4.79 Å². The number of thiazole rings is 1. The maximum absolute atomic E-state index is 12.1. The summed E-state index contributed by atoms with van der Waals surface area (Å²) in [5.41, 5.74) is 0.565. The number of sulfonamides is 1. The SMILES string of the molecule is CCCNCc1ccc(S(=O)(=O)NCc2csc(=O)[nH]2)s1. The summed E-state index contributed by atoms with van der Waals surface area (Å²) in [4.78, 5) is 14.4. The molecule has 6 nitrogen and oxygen atoms in total. The molecule has 3 N–H and O–H groups in total. The third-order valence-electron chi connectivity index (χ3n) is 2.65. The molecule has 0 aliphatic rings. The Bertz CT molecular complexity index is 730. The van der Waals surface area contributed by atoms with Gasteiger partial charge in [0.2, 0.25) is 10.0 Å². The first-order chi connectivity index (χ1) is 10.0. The minimum Gasteiger partial charge on any atom is -0.315 e. The zero-order valence-corrected chi connectivity index (χ0v) is 14.0. The molecule has 116 valence electrons. The summed E-state index contributed by atoms with van der Waals surface area (Å²) in [6.45, 7) is 3.74. The molecule has 0 aliphatic carbocycles. The fraction of sp³-hybridized carbons (Fsp3) is 0.417. The van der Waals surface area contributed by atoms with Crippen molar-refractivity contribution in [2.45, 2.75) is 30.6 Å². The van der Waals surface area contributed by atoms with E-state index < -0.39 is 10.0 Å². The van der Waals surface area contributed by atoms with Gasteiger partial charge in [-0.15, -0.1) is 11.3 Å². The van der Waals surface area contributed by atoms with E-state index in [0.29, 0.717) is 12.2 Å². The van der Waals surface area contributed by atoms with Crippen molar-refractivity contribution in [3.05, 3.63) is 37.8 Å². The van der Waals surface area contributed by atoms with Gasteiger partial charge in [-0.25, -0.2) is 13.1 Å². The van der Waals surface area contributed by atoms with Crippen LogP contribution in [0.3, 0.4) is 0 Å². The third kappa shape index (κ3) is 4.75. The maximum atomic E-state index is 12.1. The molecule has 0 atom stereocenters. The molecule has 0 saturated heterocycles. The average molecular weight is 347 g/mol. The van der Waals surface area contributed by atoms with Gasteiger partial charge in [0.15, 0.2) is 0 Å². The topological polar surface area (TPSA) is 91.1 Å². The standard InChI is InChI=1S/C12H17N3O3S3/c1-2-5-13-7-10-3-4-11(20-10)21(17,18)14-6-9-8-19-12(16)15-9/h3-4,8,13-14H,2,5-7H2,1H3,(H,15,16). The molecule has 2 aromatic rings. The molecule has 2 aromatic heterocycles. The van der Waals surface area contributed by atoms with Crippen LogP contribution in [0.15, 0.2) is 26.5 Å². The average Bonchev–Trinajstić information content (AvgIpc) is 3.06. The normalized spacial score (nSPS) is 11.9. The van der Waals surface area contributed by atoms with Crippen LogP contribution >= 0.6 is 22.7 Å². The lowest BCUT2D eigenvalue weighted by Gasteiger charge is -2.03. The zero-order valence-electron chi connectivity index (χ0n) is 11.5. The fourth-order valence-electron chi connectivity index (χ4n) is 1.63. The molecule has 2 rings (SSSR count). The highest BCUT2D eigenvalue weighted by Gasteiger charge is 2.16. The van der Waals surface area contributed by atoms with E-state index >= 15 is 0 Å². The van der Waals surface area contributed by atoms with Crippen LogP contribution in [0.2, 0.25) is 0 Å². The van der Waals surface area contributed by atoms with Crippen molar-refractivity contribution >= 4 is 32.7 Å². The van der Waals surface area contributed by atoms with Gasteiger partial charge in [0.1, 0.15) is 4.21 Å². The van der Waals surface area contributed by atoms with Crippen LogP contribution in [0, 0.1) is 0 Å². The fourth-order valence-corrected chi connectivity index (χ4v) is 4.59. The smallest absolute Gasteiger partial charge is 0.304 e. The van der Waals surface area contributed by atoms with Gasteiger partial charge in [-0.1, -0.05) is 18.3 Å². The lowest BCUT2D eigenvalue weighted by atomic mass is 10.4. The van der Waals surface area contributed by atoms with E-state index in [2.05, 4.69) is 21.9 Å². The number of aromatic amines is 1. The van der Waals surface area contributed by atoms with Gasteiger partial charge in [0, 0.05) is 22.5 Å². The minimum atomic E-state index is -3.54. The van der Waals surface area contributed by atoms with Gasteiger partial charge < -0.3 is 10.3 Å². The molecular weight excluding hydrogens is 330 g/mol. The van der Waals surface area contributed by atoms with Gasteiger partial charge in [0.25, 0.3) is 0 Å². The van der Waals surface area contributed by atoms with E-state index in [1.54, 1.807) is 11.4 Å². The largest absolute Gasteiger partial charge is 0.315 e. The highest BCUT2D eigenvalue weighted by Crippen LogP contribution is 2.21. The van der Waals surface area contributed by atoms with Crippen molar-refractivity contribution < 1.29 is 8.42 Å². The predicted octanol–water partition coefficient (Wildman–Crippen LogP) is 1.48. The molecular formula is C12H17N3O3S3. The monoisotopic (exact) mass is 347 g/mol. The Morgan fingerprint density at radius 1 is 1.29 bits per heavy atom. The number of H-pyrrole nitrogens is 1. The van der Waals surface area contributed by atoms with Gasteiger partial charge in [-0.2, -0.15) is 0 Å². The lowest BCUT2D eigenvalue weighted by Crippen LogP contribution is -2.22. The first-order valence-corrected chi connectivity index (χ1v) is 9.65. The summed E-state index contributed by atoms with van der Waals surface area (Å²) < 4.78 is 27.1. The molecule has 0 saturated carbocycles. The summed E-state index contributed by atoms with van der Waals surface area (Å²) >= 11 is 2.26. The Labute approximate surface area is 131 Å². The second kappa shape index (κ2) is 7.32. The van der Waals surface area contributed by atoms with Crippen molar-refractivity contribution in [3.63, 3.8) is 0 Å². The maximum Gasteiger partial charge on any atom is 0.304 e. The Morgan fingerprint density at radius 2 is 2.10 bits per heavy atom. The van der Waals surface area contributed by atoms with Crippen LogP contribution in [-0.4, -0.2) is 19.9 Å². The van der Waals surface area contributed by atoms with Gasteiger partial charge in [-0.05, 0) is 25.1 Å². The first kappa shape index (κ1) is 16.4. The summed E-state index contributed by atoms with van der Waals surface area (Å²) in [6.07, 6.45) is 1.04. The van der Waals surface area contributed by atoms with Gasteiger partial charge >= 0.3 is 4.87 Å². The van der Waals surface area contributed by atoms with Crippen molar-refractivity contribution in [3.8, 4) is 0 Å². The molecule has 0 fully saturated rings. The Kier molecular flexibility index (Phi) is 5.71. The molecule has 0 aliphatic heterocycles. The number of aromatic nitrogens is 1. The molecule has 21 heavy (non-hydrogen) atoms. The number of thiophene rings is 1. The van der Waals surface area contributed by atoms with Crippen molar-refractivity contribution in [2.24, 2.45) is 0 Å². The van der Waals surface area contributed by atoms with Gasteiger partial charge in [0.05, 0.1) is 6.54 Å². The van der Waals surface area contributed by atoms with Crippen LogP contribution in [-0.2, 0) is 23.1 Å².